The maximum absolute atomic E-state index is 14.0. The number of nitrogens with one attached hydrogen (secondary N) is 2. The number of morpholine rings is 1. The molecular weight excluding hydrogens is 442 g/mol. The van der Waals surface area contributed by atoms with Gasteiger partial charge in [-0.2, -0.15) is 0 Å². The van der Waals surface area contributed by atoms with E-state index < -0.39 is 0 Å². The summed E-state index contributed by atoms with van der Waals surface area (Å²) >= 11 is 0. The van der Waals surface area contributed by atoms with E-state index in [1.165, 1.54) is 18.4 Å². The molecule has 3 heterocycles. The van der Waals surface area contributed by atoms with Gasteiger partial charge >= 0.3 is 0 Å². The highest BCUT2D eigenvalue weighted by atomic mass is 16.5. The topological polar surface area (TPSA) is 86.8 Å². The first kappa shape index (κ1) is 24.5. The molecule has 0 spiro atoms. The van der Waals surface area contributed by atoms with Crippen molar-refractivity contribution in [3.63, 3.8) is 0 Å². The molecule has 2 saturated carbocycles. The van der Waals surface area contributed by atoms with Crippen LogP contribution >= 0.6 is 0 Å². The third-order valence-electron chi connectivity index (χ3n) is 7.69. The van der Waals surface area contributed by atoms with Gasteiger partial charge in [0.25, 0.3) is 5.91 Å². The molecule has 4 aliphatic rings. The predicted molar refractivity (Wildman–Crippen MR) is 135 cm³/mol. The lowest BCUT2D eigenvalue weighted by Crippen LogP contribution is -2.57. The number of nitrogens with zero attached hydrogens (tertiary/aromatic N) is 3. The van der Waals surface area contributed by atoms with Crippen LogP contribution in [0.25, 0.3) is 0 Å². The number of hydrogen-bond donors (Lipinski definition) is 2. The lowest BCUT2D eigenvalue weighted by Gasteiger charge is -2.41. The molecule has 2 amide bonds. The molecule has 8 heteroatoms. The van der Waals surface area contributed by atoms with Crippen molar-refractivity contribution >= 4 is 17.5 Å². The van der Waals surface area contributed by atoms with E-state index in [1.807, 2.05) is 22.9 Å². The number of pyridine rings is 1. The van der Waals surface area contributed by atoms with Crippen molar-refractivity contribution in [2.45, 2.75) is 76.9 Å². The quantitative estimate of drug-likeness (QED) is 0.591. The minimum absolute atomic E-state index is 0.0242. The molecule has 2 saturated heterocycles. The van der Waals surface area contributed by atoms with Gasteiger partial charge in [0.15, 0.2) is 5.69 Å². The van der Waals surface area contributed by atoms with E-state index in [-0.39, 0.29) is 29.8 Å². The fourth-order valence-corrected chi connectivity index (χ4v) is 5.41. The first-order valence-corrected chi connectivity index (χ1v) is 13.6. The van der Waals surface area contributed by atoms with Gasteiger partial charge in [-0.3, -0.25) is 9.59 Å². The Bertz CT molecular complexity index is 929. The molecule has 0 unspecified atom stereocenters. The molecule has 5 rings (SSSR count). The van der Waals surface area contributed by atoms with Gasteiger partial charge in [-0.25, -0.2) is 4.98 Å². The fourth-order valence-electron chi connectivity index (χ4n) is 5.41. The van der Waals surface area contributed by atoms with E-state index >= 15 is 0 Å². The van der Waals surface area contributed by atoms with Gasteiger partial charge in [0.05, 0.1) is 30.9 Å². The van der Waals surface area contributed by atoms with Crippen molar-refractivity contribution in [1.82, 2.24) is 20.1 Å². The second-order valence-electron chi connectivity index (χ2n) is 11.4. The third kappa shape index (κ3) is 5.80. The summed E-state index contributed by atoms with van der Waals surface area (Å²) < 4.78 is 5.53. The van der Waals surface area contributed by atoms with E-state index in [0.717, 1.165) is 18.5 Å². The Morgan fingerprint density at radius 3 is 2.74 bits per heavy atom. The van der Waals surface area contributed by atoms with Crippen molar-refractivity contribution < 1.29 is 14.3 Å². The summed E-state index contributed by atoms with van der Waals surface area (Å²) in [6.45, 7) is 10.2. The minimum atomic E-state index is -0.133. The average Bonchev–Trinajstić information content (AvgIpc) is 3.77. The number of piperidine rings is 1. The van der Waals surface area contributed by atoms with Crippen LogP contribution < -0.4 is 10.6 Å². The number of carbonyl (C=O) groups excluding carboxylic acids is 2. The van der Waals surface area contributed by atoms with Crippen molar-refractivity contribution in [3.8, 4) is 0 Å². The van der Waals surface area contributed by atoms with E-state index in [1.54, 1.807) is 0 Å². The van der Waals surface area contributed by atoms with Gasteiger partial charge in [-0.05, 0) is 62.5 Å². The van der Waals surface area contributed by atoms with E-state index in [4.69, 9.17) is 9.72 Å². The van der Waals surface area contributed by atoms with Crippen LogP contribution in [0.2, 0.25) is 0 Å². The van der Waals surface area contributed by atoms with Crippen LogP contribution in [-0.4, -0.2) is 84.1 Å². The van der Waals surface area contributed by atoms with Crippen LogP contribution in [0.1, 0.15) is 74.8 Å². The van der Waals surface area contributed by atoms with Crippen molar-refractivity contribution in [3.05, 3.63) is 23.5 Å². The summed E-state index contributed by atoms with van der Waals surface area (Å²) in [6, 6.07) is 2.66. The molecule has 2 N–H and O–H groups in total. The van der Waals surface area contributed by atoms with E-state index in [2.05, 4.69) is 30.5 Å². The van der Waals surface area contributed by atoms with Gasteiger partial charge < -0.3 is 25.2 Å². The highest BCUT2D eigenvalue weighted by Crippen LogP contribution is 2.41. The zero-order valence-electron chi connectivity index (χ0n) is 21.5. The summed E-state index contributed by atoms with van der Waals surface area (Å²) in [5.74, 6) is 0.933. The standard InChI is InChI=1S/C27H41N5O3/c1-17(2)15-32(23-10-21(12-28-14-23)26(33)31-8-9-35-16-18(31)3)27(34)25-24(30-22-6-7-22)11-20(13-29-25)19-4-5-19/h11,13,17-19,21-23,28,30H,4-10,12,14-16H2,1-3H3/t18-,21+,23-/m0/s1. The molecule has 4 fully saturated rings. The molecule has 1 aromatic rings. The number of anilines is 1. The van der Waals surface area contributed by atoms with E-state index in [9.17, 15) is 9.59 Å². The van der Waals surface area contributed by atoms with Gasteiger partial charge in [-0.15, -0.1) is 0 Å². The fraction of sp³-hybridized carbons (Fsp3) is 0.741. The second kappa shape index (κ2) is 10.4. The molecule has 2 aliphatic carbocycles. The third-order valence-corrected chi connectivity index (χ3v) is 7.69. The number of rotatable bonds is 8. The van der Waals surface area contributed by atoms with Crippen molar-refractivity contribution in [1.29, 1.82) is 0 Å². The Morgan fingerprint density at radius 2 is 2.06 bits per heavy atom. The Balaban J connectivity index is 1.35. The first-order valence-electron chi connectivity index (χ1n) is 13.6. The largest absolute Gasteiger partial charge is 0.380 e. The molecule has 192 valence electrons. The lowest BCUT2D eigenvalue weighted by molar-refractivity contribution is -0.144. The van der Waals surface area contributed by atoms with Crippen LogP contribution in [-0.2, 0) is 9.53 Å². The normalized spacial score (nSPS) is 27.1. The molecule has 1 aromatic heterocycles. The predicted octanol–water partition coefficient (Wildman–Crippen LogP) is 2.86. The summed E-state index contributed by atoms with van der Waals surface area (Å²) in [6.07, 6.45) is 7.30. The highest BCUT2D eigenvalue weighted by molar-refractivity contribution is 5.98. The minimum Gasteiger partial charge on any atom is -0.380 e. The van der Waals surface area contributed by atoms with Gasteiger partial charge in [-0.1, -0.05) is 13.8 Å². The Hall–Kier alpha value is -2.19. The second-order valence-corrected chi connectivity index (χ2v) is 11.4. The molecule has 0 aromatic carbocycles. The molecule has 35 heavy (non-hydrogen) atoms. The molecule has 8 nitrogen and oxygen atoms in total. The van der Waals surface area contributed by atoms with Crippen molar-refractivity contribution in [2.75, 3.05) is 44.7 Å². The summed E-state index contributed by atoms with van der Waals surface area (Å²) in [4.78, 5) is 36.1. The van der Waals surface area contributed by atoms with Gasteiger partial charge in [0.1, 0.15) is 0 Å². The molecular formula is C27H41N5O3. The maximum atomic E-state index is 14.0. The lowest BCUT2D eigenvalue weighted by atomic mass is 9.92. The number of hydrogen-bond acceptors (Lipinski definition) is 6. The van der Waals surface area contributed by atoms with Gasteiger partial charge in [0.2, 0.25) is 5.91 Å². The Labute approximate surface area is 209 Å². The van der Waals surface area contributed by atoms with Gasteiger partial charge in [0, 0.05) is 44.5 Å². The molecule has 0 bridgehead atoms. The summed E-state index contributed by atoms with van der Waals surface area (Å²) in [7, 11) is 0. The number of carbonyl (C=O) groups is 2. The van der Waals surface area contributed by atoms with Crippen LogP contribution in [0, 0.1) is 11.8 Å². The maximum Gasteiger partial charge on any atom is 0.274 e. The zero-order valence-corrected chi connectivity index (χ0v) is 21.5. The van der Waals surface area contributed by atoms with Crippen molar-refractivity contribution in [2.24, 2.45) is 11.8 Å². The average molecular weight is 484 g/mol. The first-order chi connectivity index (χ1) is 16.9. The number of aromatic nitrogens is 1. The SMILES string of the molecule is CC(C)CN(C(=O)c1ncc(C2CC2)cc1NC1CC1)[C@@H]1CNC[C@H](C(=O)N2CCOC[C@@H]2C)C1. The zero-order chi connectivity index (χ0) is 24.5. The number of ether oxygens (including phenoxy) is 1. The summed E-state index contributed by atoms with van der Waals surface area (Å²) in [5.41, 5.74) is 2.65. The highest BCUT2D eigenvalue weighted by Gasteiger charge is 2.38. The Morgan fingerprint density at radius 1 is 1.26 bits per heavy atom. The monoisotopic (exact) mass is 483 g/mol. The van der Waals surface area contributed by atoms with Crippen LogP contribution in [0.15, 0.2) is 12.3 Å². The van der Waals surface area contributed by atoms with Crippen LogP contribution in [0.3, 0.4) is 0 Å². The molecule has 0 radical (unpaired) electrons. The van der Waals surface area contributed by atoms with Crippen LogP contribution in [0.5, 0.6) is 0 Å². The molecule has 2 aliphatic heterocycles. The Kier molecular flexibility index (Phi) is 7.30. The smallest absolute Gasteiger partial charge is 0.274 e. The summed E-state index contributed by atoms with van der Waals surface area (Å²) in [5, 5.41) is 7.04. The van der Waals surface area contributed by atoms with E-state index in [0.29, 0.717) is 69.4 Å². The van der Waals surface area contributed by atoms with Crippen LogP contribution in [0.4, 0.5) is 5.69 Å². The number of amides is 2. The molecule has 3 atom stereocenters.